The molecule has 0 aliphatic carbocycles. The standard InChI is InChI=1S/C16H20N4O2/c21-14(20-10-4-1-5-11-20)8-9-17-16-18-13-7-3-2-6-12(13)15(22)19-16/h2-3,6-7H,1,4-5,8-11H2,(H2,17,18,19,22). The van der Waals surface area contributed by atoms with Crippen LogP contribution in [0.2, 0.25) is 0 Å². The maximum Gasteiger partial charge on any atom is 0.260 e. The van der Waals surface area contributed by atoms with E-state index in [1.807, 2.05) is 17.0 Å². The van der Waals surface area contributed by atoms with Crippen molar-refractivity contribution in [3.8, 4) is 0 Å². The van der Waals surface area contributed by atoms with E-state index in [0.29, 0.717) is 29.8 Å². The highest BCUT2D eigenvalue weighted by molar-refractivity contribution is 5.78. The number of likely N-dealkylation sites (tertiary alicyclic amines) is 1. The van der Waals surface area contributed by atoms with E-state index in [1.54, 1.807) is 12.1 Å². The molecule has 1 aromatic carbocycles. The monoisotopic (exact) mass is 300 g/mol. The smallest absolute Gasteiger partial charge is 0.260 e. The number of benzene rings is 1. The van der Waals surface area contributed by atoms with Gasteiger partial charge in [0, 0.05) is 26.1 Å². The molecule has 2 heterocycles. The number of anilines is 1. The van der Waals surface area contributed by atoms with Crippen molar-refractivity contribution in [3.05, 3.63) is 34.6 Å². The Morgan fingerprint density at radius 2 is 2.00 bits per heavy atom. The highest BCUT2D eigenvalue weighted by atomic mass is 16.2. The summed E-state index contributed by atoms with van der Waals surface area (Å²) in [6.45, 7) is 2.20. The van der Waals surface area contributed by atoms with Crippen molar-refractivity contribution in [3.63, 3.8) is 0 Å². The minimum atomic E-state index is -0.171. The molecule has 0 atom stereocenters. The number of piperidine rings is 1. The van der Waals surface area contributed by atoms with E-state index in [0.717, 1.165) is 25.9 Å². The molecule has 1 aromatic heterocycles. The lowest BCUT2D eigenvalue weighted by Gasteiger charge is -2.26. The molecule has 116 valence electrons. The highest BCUT2D eigenvalue weighted by Gasteiger charge is 2.15. The molecule has 2 aromatic rings. The van der Waals surface area contributed by atoms with Gasteiger partial charge in [-0.15, -0.1) is 0 Å². The Balaban J connectivity index is 1.59. The highest BCUT2D eigenvalue weighted by Crippen LogP contribution is 2.10. The van der Waals surface area contributed by atoms with E-state index < -0.39 is 0 Å². The van der Waals surface area contributed by atoms with Gasteiger partial charge in [0.05, 0.1) is 10.9 Å². The zero-order chi connectivity index (χ0) is 15.4. The van der Waals surface area contributed by atoms with Crippen LogP contribution in [-0.2, 0) is 4.79 Å². The maximum atomic E-state index is 12.1. The Morgan fingerprint density at radius 3 is 2.82 bits per heavy atom. The van der Waals surface area contributed by atoms with Gasteiger partial charge in [-0.25, -0.2) is 4.98 Å². The molecule has 0 radical (unpaired) electrons. The zero-order valence-corrected chi connectivity index (χ0v) is 12.5. The summed E-state index contributed by atoms with van der Waals surface area (Å²) in [5, 5.41) is 3.60. The van der Waals surface area contributed by atoms with E-state index in [-0.39, 0.29) is 11.5 Å². The summed E-state index contributed by atoms with van der Waals surface area (Å²) < 4.78 is 0. The first kappa shape index (κ1) is 14.6. The van der Waals surface area contributed by atoms with Crippen molar-refractivity contribution >= 4 is 22.8 Å². The van der Waals surface area contributed by atoms with Crippen LogP contribution in [0.25, 0.3) is 10.9 Å². The van der Waals surface area contributed by atoms with Crippen molar-refractivity contribution in [2.45, 2.75) is 25.7 Å². The third-order valence-corrected chi connectivity index (χ3v) is 3.95. The molecule has 1 fully saturated rings. The van der Waals surface area contributed by atoms with Crippen LogP contribution in [0.1, 0.15) is 25.7 Å². The largest absolute Gasteiger partial charge is 0.355 e. The number of H-pyrrole nitrogens is 1. The van der Waals surface area contributed by atoms with Gasteiger partial charge < -0.3 is 10.2 Å². The number of rotatable bonds is 4. The van der Waals surface area contributed by atoms with Gasteiger partial charge in [0.15, 0.2) is 0 Å². The fraction of sp³-hybridized carbons (Fsp3) is 0.438. The SMILES string of the molecule is O=C(CCNc1nc2ccccc2c(=O)[nH]1)N1CCCCC1. The van der Waals surface area contributed by atoms with Gasteiger partial charge in [-0.05, 0) is 31.4 Å². The molecular weight excluding hydrogens is 280 g/mol. The van der Waals surface area contributed by atoms with E-state index in [4.69, 9.17) is 0 Å². The number of nitrogens with one attached hydrogen (secondary N) is 2. The quantitative estimate of drug-likeness (QED) is 0.901. The minimum absolute atomic E-state index is 0.162. The summed E-state index contributed by atoms with van der Waals surface area (Å²) in [6, 6.07) is 7.20. The molecule has 0 unspecified atom stereocenters. The first-order valence-corrected chi connectivity index (χ1v) is 7.75. The number of hydrogen-bond donors (Lipinski definition) is 2. The summed E-state index contributed by atoms with van der Waals surface area (Å²) in [7, 11) is 0. The molecule has 6 heteroatoms. The Morgan fingerprint density at radius 1 is 1.23 bits per heavy atom. The third-order valence-electron chi connectivity index (χ3n) is 3.95. The second-order valence-electron chi connectivity index (χ2n) is 5.55. The van der Waals surface area contributed by atoms with Gasteiger partial charge in [0.25, 0.3) is 5.56 Å². The van der Waals surface area contributed by atoms with Crippen LogP contribution < -0.4 is 10.9 Å². The predicted octanol–water partition coefficient (Wildman–Crippen LogP) is 1.74. The minimum Gasteiger partial charge on any atom is -0.355 e. The van der Waals surface area contributed by atoms with Crippen LogP contribution in [0, 0.1) is 0 Å². The molecule has 2 N–H and O–H groups in total. The summed E-state index contributed by atoms with van der Waals surface area (Å²) in [6.07, 6.45) is 3.82. The normalized spacial score (nSPS) is 15.0. The van der Waals surface area contributed by atoms with Gasteiger partial charge in [0.2, 0.25) is 11.9 Å². The summed E-state index contributed by atoms with van der Waals surface area (Å²) >= 11 is 0. The van der Waals surface area contributed by atoms with Crippen molar-refractivity contribution in [2.24, 2.45) is 0 Å². The molecule has 1 aliphatic heterocycles. The van der Waals surface area contributed by atoms with Crippen molar-refractivity contribution < 1.29 is 4.79 Å². The number of aromatic amines is 1. The molecule has 3 rings (SSSR count). The van der Waals surface area contributed by atoms with Crippen LogP contribution >= 0.6 is 0 Å². The molecule has 1 saturated heterocycles. The number of fused-ring (bicyclic) bond motifs is 1. The number of carbonyl (C=O) groups is 1. The second-order valence-corrected chi connectivity index (χ2v) is 5.55. The fourth-order valence-corrected chi connectivity index (χ4v) is 2.76. The first-order valence-electron chi connectivity index (χ1n) is 7.75. The van der Waals surface area contributed by atoms with Crippen molar-refractivity contribution in [2.75, 3.05) is 25.0 Å². The van der Waals surface area contributed by atoms with Gasteiger partial charge in [-0.1, -0.05) is 12.1 Å². The van der Waals surface area contributed by atoms with E-state index in [1.165, 1.54) is 6.42 Å². The molecule has 0 bridgehead atoms. The average molecular weight is 300 g/mol. The summed E-state index contributed by atoms with van der Waals surface area (Å²) in [5.41, 5.74) is 0.478. The molecular formula is C16H20N4O2. The number of para-hydroxylation sites is 1. The molecule has 1 aliphatic rings. The maximum absolute atomic E-state index is 12.1. The number of aromatic nitrogens is 2. The van der Waals surface area contributed by atoms with Crippen LogP contribution in [0.15, 0.2) is 29.1 Å². The van der Waals surface area contributed by atoms with Crippen LogP contribution in [0.4, 0.5) is 5.95 Å². The number of amides is 1. The lowest BCUT2D eigenvalue weighted by molar-refractivity contribution is -0.131. The van der Waals surface area contributed by atoms with Crippen molar-refractivity contribution in [1.29, 1.82) is 0 Å². The zero-order valence-electron chi connectivity index (χ0n) is 12.5. The molecule has 6 nitrogen and oxygen atoms in total. The van der Waals surface area contributed by atoms with Gasteiger partial charge >= 0.3 is 0 Å². The molecule has 22 heavy (non-hydrogen) atoms. The van der Waals surface area contributed by atoms with E-state index >= 15 is 0 Å². The van der Waals surface area contributed by atoms with E-state index in [9.17, 15) is 9.59 Å². The predicted molar refractivity (Wildman–Crippen MR) is 85.9 cm³/mol. The number of hydrogen-bond acceptors (Lipinski definition) is 4. The van der Waals surface area contributed by atoms with Crippen molar-refractivity contribution in [1.82, 2.24) is 14.9 Å². The Hall–Kier alpha value is -2.37. The average Bonchev–Trinajstić information content (AvgIpc) is 2.56. The second kappa shape index (κ2) is 6.60. The van der Waals surface area contributed by atoms with E-state index in [2.05, 4.69) is 15.3 Å². The summed E-state index contributed by atoms with van der Waals surface area (Å²) in [4.78, 5) is 33.0. The fourth-order valence-electron chi connectivity index (χ4n) is 2.76. The lowest BCUT2D eigenvalue weighted by Crippen LogP contribution is -2.36. The van der Waals surface area contributed by atoms with Gasteiger partial charge in [0.1, 0.15) is 0 Å². The Bertz CT molecular complexity index is 719. The van der Waals surface area contributed by atoms with Crippen LogP contribution in [-0.4, -0.2) is 40.4 Å². The molecule has 1 amide bonds. The number of carbonyl (C=O) groups excluding carboxylic acids is 1. The Kier molecular flexibility index (Phi) is 4.37. The Labute approximate surface area is 128 Å². The van der Waals surface area contributed by atoms with Gasteiger partial charge in [-0.2, -0.15) is 0 Å². The lowest BCUT2D eigenvalue weighted by atomic mass is 10.1. The molecule has 0 spiro atoms. The number of nitrogens with zero attached hydrogens (tertiary/aromatic N) is 2. The molecule has 0 saturated carbocycles. The summed E-state index contributed by atoms with van der Waals surface area (Å²) in [5.74, 6) is 0.575. The first-order chi connectivity index (χ1) is 10.7. The topological polar surface area (TPSA) is 78.1 Å². The van der Waals surface area contributed by atoms with Gasteiger partial charge in [-0.3, -0.25) is 14.6 Å². The van der Waals surface area contributed by atoms with Crippen LogP contribution in [0.5, 0.6) is 0 Å². The third kappa shape index (κ3) is 3.27. The van der Waals surface area contributed by atoms with Crippen LogP contribution in [0.3, 0.4) is 0 Å².